The van der Waals surface area contributed by atoms with Crippen LogP contribution < -0.4 is 5.73 Å². The fourth-order valence-electron chi connectivity index (χ4n) is 2.15. The highest BCUT2D eigenvalue weighted by Gasteiger charge is 2.12. The summed E-state index contributed by atoms with van der Waals surface area (Å²) in [6, 6.07) is 15.6. The molecular formula is C17H19BrN2O. The van der Waals surface area contributed by atoms with Crippen molar-refractivity contribution in [3.05, 3.63) is 64.1 Å². The molecule has 0 unspecified atom stereocenters. The summed E-state index contributed by atoms with van der Waals surface area (Å²) < 4.78 is 0.756. The smallest absolute Gasteiger partial charge is 0.253 e. The molecule has 1 amide bonds. The van der Waals surface area contributed by atoms with Gasteiger partial charge >= 0.3 is 0 Å². The van der Waals surface area contributed by atoms with Gasteiger partial charge in [0, 0.05) is 29.3 Å². The molecule has 0 fully saturated rings. The summed E-state index contributed by atoms with van der Waals surface area (Å²) in [6.45, 7) is 0.732. The second-order valence-corrected chi connectivity index (χ2v) is 5.91. The number of amides is 1. The zero-order chi connectivity index (χ0) is 15.2. The van der Waals surface area contributed by atoms with Gasteiger partial charge in [-0.3, -0.25) is 4.79 Å². The predicted molar refractivity (Wildman–Crippen MR) is 90.3 cm³/mol. The molecular weight excluding hydrogens is 328 g/mol. The lowest BCUT2D eigenvalue weighted by atomic mass is 10.1. The van der Waals surface area contributed by atoms with Crippen molar-refractivity contribution < 1.29 is 4.79 Å². The van der Waals surface area contributed by atoms with Gasteiger partial charge in [0.2, 0.25) is 0 Å². The van der Waals surface area contributed by atoms with Crippen molar-refractivity contribution in [2.75, 3.05) is 19.3 Å². The second kappa shape index (κ2) is 7.27. The van der Waals surface area contributed by atoms with E-state index in [9.17, 15) is 4.79 Å². The highest BCUT2D eigenvalue weighted by Crippen LogP contribution is 2.21. The molecule has 2 N–H and O–H groups in total. The average Bonchev–Trinajstić information content (AvgIpc) is 2.50. The minimum Gasteiger partial charge on any atom is -0.398 e. The summed E-state index contributed by atoms with van der Waals surface area (Å²) in [6.07, 6.45) is 1.92. The van der Waals surface area contributed by atoms with E-state index in [1.807, 2.05) is 25.2 Å². The second-order valence-electron chi connectivity index (χ2n) is 5.05. The summed E-state index contributed by atoms with van der Waals surface area (Å²) in [5.41, 5.74) is 8.33. The van der Waals surface area contributed by atoms with Crippen molar-refractivity contribution in [3.63, 3.8) is 0 Å². The first-order valence-electron chi connectivity index (χ1n) is 6.92. The van der Waals surface area contributed by atoms with Gasteiger partial charge in [0.25, 0.3) is 5.91 Å². The minimum absolute atomic E-state index is 0.0174. The van der Waals surface area contributed by atoms with Gasteiger partial charge in [-0.25, -0.2) is 0 Å². The molecule has 2 aromatic rings. The van der Waals surface area contributed by atoms with E-state index in [-0.39, 0.29) is 5.91 Å². The van der Waals surface area contributed by atoms with E-state index in [4.69, 9.17) is 5.73 Å². The van der Waals surface area contributed by atoms with Crippen LogP contribution in [-0.4, -0.2) is 24.4 Å². The number of carbonyl (C=O) groups excluding carboxylic acids is 1. The van der Waals surface area contributed by atoms with E-state index < -0.39 is 0 Å². The Morgan fingerprint density at radius 1 is 1.19 bits per heavy atom. The largest absolute Gasteiger partial charge is 0.398 e. The Bertz CT molecular complexity index is 613. The summed E-state index contributed by atoms with van der Waals surface area (Å²) in [7, 11) is 1.83. The summed E-state index contributed by atoms with van der Waals surface area (Å²) in [5.74, 6) is 0.0174. The number of nitrogen functional groups attached to an aromatic ring is 1. The third-order valence-electron chi connectivity index (χ3n) is 3.40. The molecule has 0 spiro atoms. The molecule has 0 saturated heterocycles. The highest BCUT2D eigenvalue weighted by molar-refractivity contribution is 9.10. The third-order valence-corrected chi connectivity index (χ3v) is 4.08. The van der Waals surface area contributed by atoms with Gasteiger partial charge in [0.15, 0.2) is 0 Å². The Balaban J connectivity index is 1.89. The number of hydrogen-bond acceptors (Lipinski definition) is 2. The maximum atomic E-state index is 12.3. The molecule has 0 saturated carbocycles. The molecule has 2 rings (SSSR count). The molecule has 0 atom stereocenters. The van der Waals surface area contributed by atoms with Crippen LogP contribution in [0.15, 0.2) is 53.0 Å². The summed E-state index contributed by atoms with van der Waals surface area (Å²) >= 11 is 3.35. The monoisotopic (exact) mass is 346 g/mol. The number of carbonyl (C=O) groups is 1. The molecule has 21 heavy (non-hydrogen) atoms. The lowest BCUT2D eigenvalue weighted by molar-refractivity contribution is 0.0793. The zero-order valence-electron chi connectivity index (χ0n) is 12.1. The SMILES string of the molecule is CN(CCCc1ccccc1)C(=O)c1ccc(N)c(Br)c1. The molecule has 3 nitrogen and oxygen atoms in total. The number of benzene rings is 2. The van der Waals surface area contributed by atoms with Gasteiger partial charge in [0.05, 0.1) is 0 Å². The molecule has 4 heteroatoms. The molecule has 0 aliphatic heterocycles. The maximum Gasteiger partial charge on any atom is 0.253 e. The van der Waals surface area contributed by atoms with Crippen molar-refractivity contribution in [1.82, 2.24) is 4.90 Å². The van der Waals surface area contributed by atoms with Crippen LogP contribution in [-0.2, 0) is 6.42 Å². The first-order chi connectivity index (χ1) is 10.1. The summed E-state index contributed by atoms with van der Waals surface area (Å²) in [5, 5.41) is 0. The number of rotatable bonds is 5. The number of aryl methyl sites for hydroxylation is 1. The maximum absolute atomic E-state index is 12.3. The van der Waals surface area contributed by atoms with Crippen LogP contribution in [0, 0.1) is 0 Å². The van der Waals surface area contributed by atoms with Gasteiger partial charge < -0.3 is 10.6 Å². The fraction of sp³-hybridized carbons (Fsp3) is 0.235. The standard InChI is InChI=1S/C17H19BrN2O/c1-20(11-5-8-13-6-3-2-4-7-13)17(21)14-9-10-16(19)15(18)12-14/h2-4,6-7,9-10,12H,5,8,11,19H2,1H3. The Hall–Kier alpha value is -1.81. The van der Waals surface area contributed by atoms with E-state index in [0.29, 0.717) is 11.3 Å². The molecule has 0 aliphatic carbocycles. The lowest BCUT2D eigenvalue weighted by Crippen LogP contribution is -2.28. The van der Waals surface area contributed by atoms with E-state index in [2.05, 4.69) is 28.1 Å². The quantitative estimate of drug-likeness (QED) is 0.838. The van der Waals surface area contributed by atoms with Gasteiger partial charge in [0.1, 0.15) is 0 Å². The van der Waals surface area contributed by atoms with Crippen LogP contribution in [0.3, 0.4) is 0 Å². The van der Waals surface area contributed by atoms with Gasteiger partial charge in [-0.2, -0.15) is 0 Å². The van der Waals surface area contributed by atoms with E-state index in [0.717, 1.165) is 23.9 Å². The molecule has 0 radical (unpaired) electrons. The number of hydrogen-bond donors (Lipinski definition) is 1. The number of nitrogens with two attached hydrogens (primary N) is 1. The molecule has 0 aliphatic rings. The first kappa shape index (κ1) is 15.6. The van der Waals surface area contributed by atoms with Crippen LogP contribution in [0.5, 0.6) is 0 Å². The van der Waals surface area contributed by atoms with Crippen molar-refractivity contribution in [1.29, 1.82) is 0 Å². The molecule has 2 aromatic carbocycles. The normalized spacial score (nSPS) is 10.4. The van der Waals surface area contributed by atoms with Crippen LogP contribution in [0.2, 0.25) is 0 Å². The number of halogens is 1. The van der Waals surface area contributed by atoms with Crippen molar-refractivity contribution >= 4 is 27.5 Å². The average molecular weight is 347 g/mol. The molecule has 110 valence electrons. The van der Waals surface area contributed by atoms with E-state index >= 15 is 0 Å². The number of nitrogens with zero attached hydrogens (tertiary/aromatic N) is 1. The van der Waals surface area contributed by atoms with E-state index in [1.165, 1.54) is 5.56 Å². The first-order valence-corrected chi connectivity index (χ1v) is 7.71. The Morgan fingerprint density at radius 3 is 2.57 bits per heavy atom. The van der Waals surface area contributed by atoms with Gasteiger partial charge in [-0.15, -0.1) is 0 Å². The van der Waals surface area contributed by atoms with Crippen LogP contribution in [0.4, 0.5) is 5.69 Å². The Labute approximate surface area is 133 Å². The zero-order valence-corrected chi connectivity index (χ0v) is 13.6. The Kier molecular flexibility index (Phi) is 5.39. The van der Waals surface area contributed by atoms with Crippen molar-refractivity contribution in [2.45, 2.75) is 12.8 Å². The van der Waals surface area contributed by atoms with Crippen LogP contribution >= 0.6 is 15.9 Å². The van der Waals surface area contributed by atoms with Gasteiger partial charge in [-0.05, 0) is 52.5 Å². The van der Waals surface area contributed by atoms with Crippen molar-refractivity contribution in [3.8, 4) is 0 Å². The van der Waals surface area contributed by atoms with Crippen molar-refractivity contribution in [2.24, 2.45) is 0 Å². The molecule has 0 heterocycles. The predicted octanol–water partition coefficient (Wildman–Crippen LogP) is 3.74. The molecule has 0 aromatic heterocycles. The highest BCUT2D eigenvalue weighted by atomic mass is 79.9. The third kappa shape index (κ3) is 4.33. The van der Waals surface area contributed by atoms with E-state index in [1.54, 1.807) is 23.1 Å². The van der Waals surface area contributed by atoms with Gasteiger partial charge in [-0.1, -0.05) is 30.3 Å². The minimum atomic E-state index is 0.0174. The number of anilines is 1. The van der Waals surface area contributed by atoms with Crippen LogP contribution in [0.1, 0.15) is 22.3 Å². The van der Waals surface area contributed by atoms with Crippen LogP contribution in [0.25, 0.3) is 0 Å². The Morgan fingerprint density at radius 2 is 1.90 bits per heavy atom. The molecule has 0 bridgehead atoms. The fourth-order valence-corrected chi connectivity index (χ4v) is 2.53. The summed E-state index contributed by atoms with van der Waals surface area (Å²) in [4.78, 5) is 14.1. The lowest BCUT2D eigenvalue weighted by Gasteiger charge is -2.17. The topological polar surface area (TPSA) is 46.3 Å².